The van der Waals surface area contributed by atoms with Crippen molar-refractivity contribution in [1.29, 1.82) is 0 Å². The molecule has 0 atom stereocenters. The molecule has 4 heteroatoms. The number of halogens is 2. The molecule has 2 rings (SSSR count). The molecule has 0 bridgehead atoms. The highest BCUT2D eigenvalue weighted by molar-refractivity contribution is 14.1. The van der Waals surface area contributed by atoms with Gasteiger partial charge in [-0.3, -0.25) is 0 Å². The molecule has 27 heavy (non-hydrogen) atoms. The normalized spacial score (nSPS) is 13.7. The third-order valence-corrected chi connectivity index (χ3v) is 10.5. The minimum atomic E-state index is -2.46. The topological polar surface area (TPSA) is 9.23 Å². The van der Waals surface area contributed by atoms with E-state index in [-0.39, 0.29) is 5.04 Å². The van der Waals surface area contributed by atoms with Gasteiger partial charge in [0.25, 0.3) is 8.32 Å². The van der Waals surface area contributed by atoms with Gasteiger partial charge in [-0.15, -0.1) is 0 Å². The zero-order chi connectivity index (χ0) is 19.9. The number of hydrogen-bond acceptors (Lipinski definition) is 1. The molecule has 1 nitrogen and oxygen atoms in total. The summed E-state index contributed by atoms with van der Waals surface area (Å²) >= 11 is 8.32. The SMILES string of the molecule is C/C(Cl)=C/C/C=C(\I)CO[Si](c1ccccc1)(c1ccccc1)C(C)(C)C. The molecule has 0 spiro atoms. The zero-order valence-electron chi connectivity index (χ0n) is 16.5. The minimum absolute atomic E-state index is 0.000738. The molecule has 0 heterocycles. The van der Waals surface area contributed by atoms with Crippen molar-refractivity contribution in [3.8, 4) is 0 Å². The standard InChI is InChI=1S/C23H28ClIOSi/c1-19(24)12-11-13-20(25)18-26-27(23(2,3)4,21-14-7-5-8-15-21)22-16-9-6-10-17-22/h5-10,12-17H,11,18H2,1-4H3/b19-12-,20-13-. The summed E-state index contributed by atoms with van der Waals surface area (Å²) in [7, 11) is -2.46. The van der Waals surface area contributed by atoms with E-state index in [9.17, 15) is 0 Å². The van der Waals surface area contributed by atoms with Crippen molar-refractivity contribution in [2.45, 2.75) is 39.2 Å². The summed E-state index contributed by atoms with van der Waals surface area (Å²) in [5, 5.41) is 3.44. The van der Waals surface area contributed by atoms with Crippen molar-refractivity contribution < 1.29 is 4.43 Å². The molecule has 144 valence electrons. The van der Waals surface area contributed by atoms with Crippen molar-refractivity contribution in [2.24, 2.45) is 0 Å². The van der Waals surface area contributed by atoms with Crippen LogP contribution in [0.5, 0.6) is 0 Å². The Morgan fingerprint density at radius 2 is 1.44 bits per heavy atom. The molecule has 2 aromatic carbocycles. The maximum absolute atomic E-state index is 6.90. The minimum Gasteiger partial charge on any atom is -0.403 e. The molecular formula is C23H28ClIOSi. The lowest BCUT2D eigenvalue weighted by Crippen LogP contribution is -2.66. The Hall–Kier alpha value is -0.883. The Kier molecular flexibility index (Phi) is 8.34. The summed E-state index contributed by atoms with van der Waals surface area (Å²) in [6, 6.07) is 21.5. The molecule has 0 fully saturated rings. The highest BCUT2D eigenvalue weighted by Crippen LogP contribution is 2.37. The Morgan fingerprint density at radius 3 is 1.85 bits per heavy atom. The zero-order valence-corrected chi connectivity index (χ0v) is 20.4. The van der Waals surface area contributed by atoms with Crippen molar-refractivity contribution in [2.75, 3.05) is 6.61 Å². The van der Waals surface area contributed by atoms with E-state index in [0.717, 1.165) is 11.5 Å². The summed E-state index contributed by atoms with van der Waals surface area (Å²) in [5.74, 6) is 0. The first-order valence-corrected chi connectivity index (χ1v) is 12.6. The molecule has 0 aromatic heterocycles. The summed E-state index contributed by atoms with van der Waals surface area (Å²) in [5.41, 5.74) is 0. The molecular weight excluding hydrogens is 483 g/mol. The first-order chi connectivity index (χ1) is 12.8. The molecule has 0 amide bonds. The van der Waals surface area contributed by atoms with Crippen molar-refractivity contribution in [3.05, 3.63) is 81.4 Å². The third-order valence-electron chi connectivity index (χ3n) is 4.58. The first kappa shape index (κ1) is 22.4. The monoisotopic (exact) mass is 510 g/mol. The van der Waals surface area contributed by atoms with Gasteiger partial charge in [-0.05, 0) is 51.3 Å². The summed E-state index contributed by atoms with van der Waals surface area (Å²) < 4.78 is 8.10. The van der Waals surface area contributed by atoms with Crippen LogP contribution < -0.4 is 10.4 Å². The van der Waals surface area contributed by atoms with Crippen LogP contribution in [0, 0.1) is 0 Å². The fourth-order valence-corrected chi connectivity index (χ4v) is 8.67. The number of benzene rings is 2. The fourth-order valence-electron chi connectivity index (χ4n) is 3.35. The van der Waals surface area contributed by atoms with E-state index in [2.05, 4.69) is 110 Å². The van der Waals surface area contributed by atoms with Crippen molar-refractivity contribution in [3.63, 3.8) is 0 Å². The smallest absolute Gasteiger partial charge is 0.261 e. The van der Waals surface area contributed by atoms with Gasteiger partial charge < -0.3 is 4.43 Å². The average Bonchev–Trinajstić information content (AvgIpc) is 2.62. The third kappa shape index (κ3) is 5.80. The van der Waals surface area contributed by atoms with Crippen LogP contribution in [0.3, 0.4) is 0 Å². The quantitative estimate of drug-likeness (QED) is 0.309. The lowest BCUT2D eigenvalue weighted by atomic mass is 10.2. The molecule has 0 aliphatic rings. The maximum Gasteiger partial charge on any atom is 0.261 e. The molecule has 0 unspecified atom stereocenters. The first-order valence-electron chi connectivity index (χ1n) is 9.19. The molecule has 0 radical (unpaired) electrons. The highest BCUT2D eigenvalue weighted by Gasteiger charge is 2.50. The van der Waals surface area contributed by atoms with E-state index in [1.165, 1.54) is 14.0 Å². The highest BCUT2D eigenvalue weighted by atomic mass is 127. The van der Waals surface area contributed by atoms with Gasteiger partial charge in [0, 0.05) is 8.61 Å². The van der Waals surface area contributed by atoms with Crippen LogP contribution >= 0.6 is 34.2 Å². The van der Waals surface area contributed by atoms with E-state index in [0.29, 0.717) is 6.61 Å². The molecule has 2 aromatic rings. The fraction of sp³-hybridized carbons (Fsp3) is 0.304. The van der Waals surface area contributed by atoms with E-state index < -0.39 is 8.32 Å². The summed E-state index contributed by atoms with van der Waals surface area (Å²) in [6.07, 6.45) is 5.03. The second-order valence-corrected chi connectivity index (χ2v) is 13.9. The predicted molar refractivity (Wildman–Crippen MR) is 130 cm³/mol. The number of hydrogen-bond donors (Lipinski definition) is 0. The molecule has 0 N–H and O–H groups in total. The van der Waals surface area contributed by atoms with Gasteiger partial charge in [0.15, 0.2) is 0 Å². The predicted octanol–water partition coefficient (Wildman–Crippen LogP) is 6.41. The van der Waals surface area contributed by atoms with Gasteiger partial charge in [-0.1, -0.05) is 105 Å². The van der Waals surface area contributed by atoms with E-state index in [4.69, 9.17) is 16.0 Å². The lowest BCUT2D eigenvalue weighted by molar-refractivity contribution is 0.338. The van der Waals surface area contributed by atoms with Crippen LogP contribution in [0.2, 0.25) is 5.04 Å². The molecule has 0 saturated carbocycles. The van der Waals surface area contributed by atoms with Crippen LogP contribution in [0.4, 0.5) is 0 Å². The van der Waals surface area contributed by atoms with Crippen LogP contribution in [-0.4, -0.2) is 14.9 Å². The van der Waals surface area contributed by atoms with E-state index in [1.54, 1.807) is 0 Å². The average molecular weight is 511 g/mol. The lowest BCUT2D eigenvalue weighted by Gasteiger charge is -2.43. The van der Waals surface area contributed by atoms with Crippen LogP contribution in [0.15, 0.2) is 81.4 Å². The number of allylic oxidation sites excluding steroid dienone is 3. The Morgan fingerprint density at radius 1 is 0.963 bits per heavy atom. The van der Waals surface area contributed by atoms with Gasteiger partial charge in [0.2, 0.25) is 0 Å². The summed E-state index contributed by atoms with van der Waals surface area (Å²) in [6.45, 7) is 9.42. The summed E-state index contributed by atoms with van der Waals surface area (Å²) in [4.78, 5) is 0. The van der Waals surface area contributed by atoms with Gasteiger partial charge >= 0.3 is 0 Å². The van der Waals surface area contributed by atoms with Gasteiger partial charge in [-0.25, -0.2) is 0 Å². The van der Waals surface area contributed by atoms with Gasteiger partial charge in [-0.2, -0.15) is 0 Å². The van der Waals surface area contributed by atoms with Gasteiger partial charge in [0.1, 0.15) is 0 Å². The van der Waals surface area contributed by atoms with E-state index in [1.807, 2.05) is 13.0 Å². The Labute approximate surface area is 183 Å². The Balaban J connectivity index is 2.45. The van der Waals surface area contributed by atoms with Crippen LogP contribution in [-0.2, 0) is 4.43 Å². The van der Waals surface area contributed by atoms with Crippen molar-refractivity contribution in [1.82, 2.24) is 0 Å². The van der Waals surface area contributed by atoms with Gasteiger partial charge in [0.05, 0.1) is 6.61 Å². The van der Waals surface area contributed by atoms with E-state index >= 15 is 0 Å². The largest absolute Gasteiger partial charge is 0.403 e. The van der Waals surface area contributed by atoms with Crippen molar-refractivity contribution >= 4 is 52.9 Å². The van der Waals surface area contributed by atoms with Crippen LogP contribution in [0.25, 0.3) is 0 Å². The van der Waals surface area contributed by atoms with Crippen LogP contribution in [0.1, 0.15) is 34.1 Å². The molecule has 0 aliphatic carbocycles. The number of rotatable bonds is 7. The second kappa shape index (κ2) is 10.1. The molecule has 0 saturated heterocycles. The Bertz CT molecular complexity index is 736. The maximum atomic E-state index is 6.90. The second-order valence-electron chi connectivity index (χ2n) is 7.63. The molecule has 0 aliphatic heterocycles.